The van der Waals surface area contributed by atoms with E-state index in [1.165, 1.54) is 37.8 Å². The topological polar surface area (TPSA) is 64.1 Å². The number of benzene rings is 3. The van der Waals surface area contributed by atoms with E-state index in [4.69, 9.17) is 16.3 Å². The average Bonchev–Trinajstić information content (AvgIpc) is 3.01. The second-order valence-electron chi connectivity index (χ2n) is 10.4. The van der Waals surface area contributed by atoms with Gasteiger partial charge in [-0.05, 0) is 54.7 Å². The molecule has 1 amide bonds. The molecule has 0 aliphatic heterocycles. The first-order valence-electron chi connectivity index (χ1n) is 14.4. The van der Waals surface area contributed by atoms with E-state index in [0.717, 1.165) is 41.0 Å². The Hall–Kier alpha value is -4.03. The number of hydrogen-bond acceptors (Lipinski definition) is 4. The quantitative estimate of drug-likeness (QED) is 0.119. The van der Waals surface area contributed by atoms with Gasteiger partial charge in [-0.15, -0.1) is 6.58 Å². The third kappa shape index (κ3) is 8.26. The molecule has 4 rings (SSSR count). The molecule has 0 bridgehead atoms. The zero-order chi connectivity index (χ0) is 29.9. The molecule has 5 nitrogen and oxygen atoms in total. The van der Waals surface area contributed by atoms with E-state index in [1.54, 1.807) is 13.0 Å². The fourth-order valence-electron chi connectivity index (χ4n) is 4.67. The van der Waals surface area contributed by atoms with Crippen LogP contribution in [-0.2, 0) is 6.42 Å². The van der Waals surface area contributed by atoms with Gasteiger partial charge in [0.2, 0.25) is 0 Å². The molecular weight excluding hydrogens is 549 g/mol. The largest absolute Gasteiger partial charge is 0.494 e. The van der Waals surface area contributed by atoms with Gasteiger partial charge in [-0.25, -0.2) is 14.4 Å². The van der Waals surface area contributed by atoms with Gasteiger partial charge in [-0.3, -0.25) is 4.79 Å². The average molecular weight is 586 g/mol. The predicted octanol–water partition coefficient (Wildman–Crippen LogP) is 8.79. The molecule has 1 N–H and O–H groups in total. The molecule has 42 heavy (non-hydrogen) atoms. The van der Waals surface area contributed by atoms with Gasteiger partial charge in [-0.2, -0.15) is 0 Å². The van der Waals surface area contributed by atoms with Crippen molar-refractivity contribution < 1.29 is 13.9 Å². The van der Waals surface area contributed by atoms with E-state index in [9.17, 15) is 9.18 Å². The number of nitrogens with zero attached hydrogens (tertiary/aromatic N) is 2. The molecule has 7 heteroatoms. The Labute approximate surface area is 252 Å². The molecule has 0 aliphatic carbocycles. The number of halogens is 2. The molecule has 0 aliphatic rings. The zero-order valence-electron chi connectivity index (χ0n) is 24.2. The Kier molecular flexibility index (Phi) is 11.2. The monoisotopic (exact) mass is 585 g/mol. The molecule has 0 radical (unpaired) electrons. The van der Waals surface area contributed by atoms with Crippen LogP contribution < -0.4 is 10.1 Å². The highest BCUT2D eigenvalue weighted by atomic mass is 35.5. The van der Waals surface area contributed by atoms with E-state index < -0.39 is 11.7 Å². The number of ether oxygens (including phenoxy) is 1. The van der Waals surface area contributed by atoms with Gasteiger partial charge in [0.05, 0.1) is 23.2 Å². The summed E-state index contributed by atoms with van der Waals surface area (Å²) in [7, 11) is 0. The van der Waals surface area contributed by atoms with Gasteiger partial charge < -0.3 is 10.1 Å². The van der Waals surface area contributed by atoms with Crippen LogP contribution in [0, 0.1) is 12.7 Å². The van der Waals surface area contributed by atoms with Crippen LogP contribution in [0.4, 0.5) is 4.39 Å². The zero-order valence-corrected chi connectivity index (χ0v) is 25.0. The lowest BCUT2D eigenvalue weighted by molar-refractivity contribution is 0.0943. The summed E-state index contributed by atoms with van der Waals surface area (Å²) < 4.78 is 19.8. The SMILES string of the molecule is C=CC(Cc1ccc(-c2ncc(-c3ccc(OCCCCCCC)cc3)cn2)cc1)NC(=O)c1c(C)ccc(F)c1Cl. The summed E-state index contributed by atoms with van der Waals surface area (Å²) >= 11 is 6.06. The smallest absolute Gasteiger partial charge is 0.253 e. The van der Waals surface area contributed by atoms with Crippen molar-refractivity contribution in [2.45, 2.75) is 58.4 Å². The lowest BCUT2D eigenvalue weighted by atomic mass is 10.0. The van der Waals surface area contributed by atoms with E-state index >= 15 is 0 Å². The minimum atomic E-state index is -0.625. The normalized spacial score (nSPS) is 11.6. The van der Waals surface area contributed by atoms with Gasteiger partial charge in [-0.1, -0.05) is 92.7 Å². The molecular formula is C35H37ClFN3O2. The summed E-state index contributed by atoms with van der Waals surface area (Å²) in [6, 6.07) is 18.3. The first kappa shape index (κ1) is 30.9. The first-order valence-corrected chi connectivity index (χ1v) is 14.8. The molecule has 3 aromatic carbocycles. The molecule has 1 atom stereocenters. The minimum Gasteiger partial charge on any atom is -0.494 e. The van der Waals surface area contributed by atoms with Gasteiger partial charge in [0.15, 0.2) is 5.82 Å². The van der Waals surface area contributed by atoms with Crippen LogP contribution in [0.25, 0.3) is 22.5 Å². The number of aromatic nitrogens is 2. The van der Waals surface area contributed by atoms with E-state index in [-0.39, 0.29) is 16.6 Å². The van der Waals surface area contributed by atoms with Crippen LogP contribution >= 0.6 is 11.6 Å². The first-order chi connectivity index (χ1) is 20.4. The van der Waals surface area contributed by atoms with Crippen molar-refractivity contribution >= 4 is 17.5 Å². The second-order valence-corrected chi connectivity index (χ2v) is 10.7. The number of aryl methyl sites for hydroxylation is 1. The van der Waals surface area contributed by atoms with Gasteiger partial charge in [0.1, 0.15) is 11.6 Å². The van der Waals surface area contributed by atoms with Crippen LogP contribution in [0.1, 0.15) is 60.5 Å². The second kappa shape index (κ2) is 15.3. The third-order valence-corrected chi connectivity index (χ3v) is 7.52. The molecule has 1 unspecified atom stereocenters. The summed E-state index contributed by atoms with van der Waals surface area (Å²) in [5.74, 6) is 0.433. The highest BCUT2D eigenvalue weighted by Crippen LogP contribution is 2.25. The number of hydrogen-bond donors (Lipinski definition) is 1. The number of unbranched alkanes of at least 4 members (excludes halogenated alkanes) is 4. The van der Waals surface area contributed by atoms with E-state index in [1.807, 2.05) is 60.9 Å². The molecule has 0 fully saturated rings. The molecule has 0 saturated carbocycles. The molecule has 0 saturated heterocycles. The third-order valence-electron chi connectivity index (χ3n) is 7.16. The Morgan fingerprint density at radius 2 is 1.62 bits per heavy atom. The van der Waals surface area contributed by atoms with E-state index in [0.29, 0.717) is 17.8 Å². The molecule has 1 aromatic heterocycles. The van der Waals surface area contributed by atoms with Gasteiger partial charge >= 0.3 is 0 Å². The molecule has 218 valence electrons. The highest BCUT2D eigenvalue weighted by Gasteiger charge is 2.19. The van der Waals surface area contributed by atoms with Crippen LogP contribution in [0.3, 0.4) is 0 Å². The number of carbonyl (C=O) groups is 1. The predicted molar refractivity (Wildman–Crippen MR) is 168 cm³/mol. The van der Waals surface area contributed by atoms with Crippen molar-refractivity contribution in [3.05, 3.63) is 113 Å². The van der Waals surface area contributed by atoms with Crippen molar-refractivity contribution in [3.63, 3.8) is 0 Å². The van der Waals surface area contributed by atoms with Crippen LogP contribution in [0.5, 0.6) is 5.75 Å². The maximum absolute atomic E-state index is 13.9. The lowest BCUT2D eigenvalue weighted by Gasteiger charge is -2.17. The molecule has 0 spiro atoms. The van der Waals surface area contributed by atoms with Gasteiger partial charge in [0.25, 0.3) is 5.91 Å². The summed E-state index contributed by atoms with van der Waals surface area (Å²) in [6.45, 7) is 8.53. The van der Waals surface area contributed by atoms with Crippen molar-refractivity contribution in [1.29, 1.82) is 0 Å². The van der Waals surface area contributed by atoms with E-state index in [2.05, 4.69) is 28.8 Å². The molecule has 4 aromatic rings. The van der Waals surface area contributed by atoms with Crippen molar-refractivity contribution in [3.8, 4) is 28.3 Å². The number of nitrogens with one attached hydrogen (secondary N) is 1. The summed E-state index contributed by atoms with van der Waals surface area (Å²) in [6.07, 6.45) is 11.9. The Morgan fingerprint density at radius 1 is 0.952 bits per heavy atom. The molecule has 1 heterocycles. The summed E-state index contributed by atoms with van der Waals surface area (Å²) in [4.78, 5) is 22.0. The number of carbonyl (C=O) groups excluding carboxylic acids is 1. The number of rotatable bonds is 14. The van der Waals surface area contributed by atoms with Crippen molar-refractivity contribution in [1.82, 2.24) is 15.3 Å². The fourth-order valence-corrected chi connectivity index (χ4v) is 4.97. The Balaban J connectivity index is 1.33. The summed E-state index contributed by atoms with van der Waals surface area (Å²) in [5.41, 5.74) is 4.57. The van der Waals surface area contributed by atoms with Crippen molar-refractivity contribution in [2.24, 2.45) is 0 Å². The maximum atomic E-state index is 13.9. The minimum absolute atomic E-state index is 0.136. The van der Waals surface area contributed by atoms with Crippen LogP contribution in [0.2, 0.25) is 5.02 Å². The summed E-state index contributed by atoms with van der Waals surface area (Å²) in [5, 5.41) is 2.71. The number of amides is 1. The standard InChI is InChI=1S/C35H37ClFN3O2/c1-4-6-7-8-9-20-42-30-17-15-26(16-18-30)28-22-38-34(39-23-28)27-13-11-25(12-14-27)21-29(5-2)40-35(41)32-24(3)10-19-31(37)33(32)36/h5,10-19,22-23,29H,2,4,6-9,20-21H2,1,3H3,(H,40,41). The van der Waals surface area contributed by atoms with Crippen LogP contribution in [-0.4, -0.2) is 28.5 Å². The highest BCUT2D eigenvalue weighted by molar-refractivity contribution is 6.34. The maximum Gasteiger partial charge on any atom is 0.253 e. The van der Waals surface area contributed by atoms with Gasteiger partial charge in [0, 0.05) is 23.5 Å². The Bertz CT molecular complexity index is 1470. The van der Waals surface area contributed by atoms with Crippen molar-refractivity contribution in [2.75, 3.05) is 6.61 Å². The fraction of sp³-hybridized carbons (Fsp3) is 0.286. The van der Waals surface area contributed by atoms with Crippen LogP contribution in [0.15, 0.2) is 85.7 Å². The Morgan fingerprint density at radius 3 is 2.29 bits per heavy atom. The lowest BCUT2D eigenvalue weighted by Crippen LogP contribution is -2.35.